The number of hydrogen-bond donors (Lipinski definition) is 0. The van der Waals surface area contributed by atoms with Gasteiger partial charge >= 0.3 is 0 Å². The molecule has 48 heavy (non-hydrogen) atoms. The molecule has 0 amide bonds. The van der Waals surface area contributed by atoms with Crippen LogP contribution in [0.15, 0.2) is 176 Å². The topological polar surface area (TPSA) is 52.5 Å². The van der Waals surface area contributed by atoms with Crippen molar-refractivity contribution in [2.75, 3.05) is 0 Å². The maximum Gasteiger partial charge on any atom is 0.180 e. The van der Waals surface area contributed by atoms with Crippen molar-refractivity contribution in [3.05, 3.63) is 187 Å². The summed E-state index contributed by atoms with van der Waals surface area (Å²) in [6, 6.07) is 66.4. The molecule has 1 aromatic heterocycles. The Kier molecular flexibility index (Phi) is 7.27. The van der Waals surface area contributed by atoms with Crippen LogP contribution in [-0.4, -0.2) is 12.6 Å². The number of nitriles is 2. The van der Waals surface area contributed by atoms with Gasteiger partial charge in [0.25, 0.3) is 0 Å². The fourth-order valence-electron chi connectivity index (χ4n) is 7.39. The lowest BCUT2D eigenvalue weighted by molar-refractivity contribution is 1.18. The van der Waals surface area contributed by atoms with Crippen LogP contribution in [0.4, 0.5) is 0 Å². The van der Waals surface area contributed by atoms with Gasteiger partial charge in [-0.25, -0.2) is 0 Å². The zero-order valence-corrected chi connectivity index (χ0v) is 27.1. The summed E-state index contributed by atoms with van der Waals surface area (Å²) in [7, 11) is -3.00. The van der Waals surface area contributed by atoms with Gasteiger partial charge in [0.05, 0.1) is 40.0 Å². The molecule has 224 valence electrons. The summed E-state index contributed by atoms with van der Waals surface area (Å²) in [5.41, 5.74) is 6.58. The van der Waals surface area contributed by atoms with Crippen molar-refractivity contribution >= 4 is 50.6 Å². The Bertz CT molecular complexity index is 2430. The second kappa shape index (κ2) is 12.0. The van der Waals surface area contributed by atoms with Gasteiger partial charge in [0.2, 0.25) is 0 Å². The van der Waals surface area contributed by atoms with Crippen molar-refractivity contribution in [1.82, 2.24) is 4.57 Å². The molecule has 0 fully saturated rings. The van der Waals surface area contributed by atoms with E-state index in [1.165, 1.54) is 15.6 Å². The van der Waals surface area contributed by atoms with E-state index in [0.717, 1.165) is 43.8 Å². The molecule has 0 aliphatic rings. The quantitative estimate of drug-likeness (QED) is 0.141. The van der Waals surface area contributed by atoms with Crippen molar-refractivity contribution in [2.24, 2.45) is 0 Å². The molecule has 7 aromatic carbocycles. The van der Waals surface area contributed by atoms with Crippen molar-refractivity contribution in [3.63, 3.8) is 0 Å². The Morgan fingerprint density at radius 3 is 1.54 bits per heavy atom. The highest BCUT2D eigenvalue weighted by molar-refractivity contribution is 7.20. The van der Waals surface area contributed by atoms with Crippen molar-refractivity contribution in [2.45, 2.75) is 0 Å². The molecule has 0 N–H and O–H groups in total. The van der Waals surface area contributed by atoms with Gasteiger partial charge in [-0.05, 0) is 68.8 Å². The Morgan fingerprint density at radius 1 is 0.417 bits per heavy atom. The van der Waals surface area contributed by atoms with Crippen LogP contribution in [-0.2, 0) is 0 Å². The molecule has 0 unspecified atom stereocenters. The zero-order valence-electron chi connectivity index (χ0n) is 26.1. The van der Waals surface area contributed by atoms with Crippen LogP contribution in [0.1, 0.15) is 11.1 Å². The SMILES string of the molecule is N#Cc1ccc(-c2ccccc2-n2c3ccccc3c3cc(C#N)ccc32)c([Si](c2ccccc2)(c2ccccc2)c2ccccc2)c1. The average Bonchev–Trinajstić information content (AvgIpc) is 3.50. The summed E-state index contributed by atoms with van der Waals surface area (Å²) in [6.45, 7) is 0. The molecule has 0 spiro atoms. The predicted molar refractivity (Wildman–Crippen MR) is 199 cm³/mol. The van der Waals surface area contributed by atoms with E-state index in [9.17, 15) is 10.5 Å². The van der Waals surface area contributed by atoms with E-state index < -0.39 is 8.07 Å². The minimum absolute atomic E-state index is 0.631. The van der Waals surface area contributed by atoms with E-state index in [0.29, 0.717) is 11.1 Å². The number of para-hydroxylation sites is 2. The molecule has 0 aliphatic heterocycles. The van der Waals surface area contributed by atoms with E-state index in [4.69, 9.17) is 0 Å². The molecular formula is C44H29N3Si. The third-order valence-corrected chi connectivity index (χ3v) is 14.2. The van der Waals surface area contributed by atoms with Crippen molar-refractivity contribution in [3.8, 4) is 29.0 Å². The molecular weight excluding hydrogens is 599 g/mol. The first-order valence-corrected chi connectivity index (χ1v) is 18.0. The smallest absolute Gasteiger partial charge is 0.180 e. The molecule has 0 radical (unpaired) electrons. The Labute approximate surface area is 280 Å². The molecule has 8 aromatic rings. The fraction of sp³-hybridized carbons (Fsp3) is 0. The minimum Gasteiger partial charge on any atom is -0.309 e. The predicted octanol–water partition coefficient (Wildman–Crippen LogP) is 7.57. The molecule has 4 heteroatoms. The molecule has 8 rings (SSSR count). The Balaban J connectivity index is 1.52. The standard InChI is InChI=1S/C44H29N3Si/c45-30-32-25-27-43-40(28-32)38-21-11-13-23-42(38)47(43)41-22-12-10-20-37(41)39-26-24-33(31-46)29-44(39)48(34-14-4-1-5-15-34,35-16-6-2-7-17-35)36-18-8-3-9-19-36/h1-29H. The van der Waals surface area contributed by atoms with Gasteiger partial charge in [-0.15, -0.1) is 0 Å². The van der Waals surface area contributed by atoms with Crippen LogP contribution in [0.5, 0.6) is 0 Å². The molecule has 0 atom stereocenters. The number of fused-ring (bicyclic) bond motifs is 3. The number of hydrogen-bond acceptors (Lipinski definition) is 2. The van der Waals surface area contributed by atoms with Crippen LogP contribution in [0.3, 0.4) is 0 Å². The van der Waals surface area contributed by atoms with Crippen LogP contribution in [0.2, 0.25) is 0 Å². The van der Waals surface area contributed by atoms with Gasteiger partial charge in [-0.3, -0.25) is 0 Å². The lowest BCUT2D eigenvalue weighted by Crippen LogP contribution is -2.75. The lowest BCUT2D eigenvalue weighted by atomic mass is 10.0. The van der Waals surface area contributed by atoms with E-state index in [1.807, 2.05) is 18.2 Å². The van der Waals surface area contributed by atoms with Crippen LogP contribution in [0.25, 0.3) is 38.6 Å². The minimum atomic E-state index is -3.00. The highest BCUT2D eigenvalue weighted by Crippen LogP contribution is 2.36. The van der Waals surface area contributed by atoms with Crippen molar-refractivity contribution < 1.29 is 0 Å². The van der Waals surface area contributed by atoms with E-state index in [2.05, 4.69) is 174 Å². The highest BCUT2D eigenvalue weighted by Gasteiger charge is 2.43. The van der Waals surface area contributed by atoms with Crippen LogP contribution in [0, 0.1) is 22.7 Å². The lowest BCUT2D eigenvalue weighted by Gasteiger charge is -2.36. The third kappa shape index (κ3) is 4.55. The maximum absolute atomic E-state index is 10.3. The first kappa shape index (κ1) is 29.0. The summed E-state index contributed by atoms with van der Waals surface area (Å²) in [5.74, 6) is 0. The van der Waals surface area contributed by atoms with Crippen LogP contribution < -0.4 is 20.7 Å². The first-order valence-electron chi connectivity index (χ1n) is 16.0. The molecule has 3 nitrogen and oxygen atoms in total. The van der Waals surface area contributed by atoms with Crippen molar-refractivity contribution in [1.29, 1.82) is 10.5 Å². The number of aromatic nitrogens is 1. The van der Waals surface area contributed by atoms with Gasteiger partial charge < -0.3 is 4.57 Å². The number of rotatable bonds is 6. The molecule has 0 saturated carbocycles. The number of benzene rings is 7. The summed E-state index contributed by atoms with van der Waals surface area (Å²) in [4.78, 5) is 0. The third-order valence-electron chi connectivity index (χ3n) is 9.41. The monoisotopic (exact) mass is 627 g/mol. The molecule has 0 bridgehead atoms. The largest absolute Gasteiger partial charge is 0.309 e. The summed E-state index contributed by atoms with van der Waals surface area (Å²) >= 11 is 0. The Hall–Kier alpha value is -6.46. The summed E-state index contributed by atoms with van der Waals surface area (Å²) in [5, 5.41) is 27.1. The zero-order chi connectivity index (χ0) is 32.5. The normalized spacial score (nSPS) is 11.3. The molecule has 1 heterocycles. The van der Waals surface area contributed by atoms with E-state index >= 15 is 0 Å². The highest BCUT2D eigenvalue weighted by atomic mass is 28.3. The van der Waals surface area contributed by atoms with Gasteiger partial charge in [-0.1, -0.05) is 133 Å². The fourth-order valence-corrected chi connectivity index (χ4v) is 12.4. The molecule has 0 aliphatic carbocycles. The number of nitrogens with zero attached hydrogens (tertiary/aromatic N) is 3. The molecule has 0 saturated heterocycles. The summed E-state index contributed by atoms with van der Waals surface area (Å²) < 4.78 is 2.32. The van der Waals surface area contributed by atoms with Gasteiger partial charge in [0.15, 0.2) is 8.07 Å². The van der Waals surface area contributed by atoms with Gasteiger partial charge in [0.1, 0.15) is 0 Å². The summed E-state index contributed by atoms with van der Waals surface area (Å²) in [6.07, 6.45) is 0. The van der Waals surface area contributed by atoms with Crippen LogP contribution >= 0.6 is 0 Å². The Morgan fingerprint density at radius 2 is 0.917 bits per heavy atom. The van der Waals surface area contributed by atoms with Gasteiger partial charge in [-0.2, -0.15) is 10.5 Å². The second-order valence-electron chi connectivity index (χ2n) is 11.9. The van der Waals surface area contributed by atoms with E-state index in [1.54, 1.807) is 0 Å². The second-order valence-corrected chi connectivity index (χ2v) is 15.7. The average molecular weight is 628 g/mol. The van der Waals surface area contributed by atoms with Gasteiger partial charge in [0, 0.05) is 16.3 Å². The first-order chi connectivity index (χ1) is 23.7. The maximum atomic E-state index is 10.3. The van der Waals surface area contributed by atoms with E-state index in [-0.39, 0.29) is 0 Å².